The number of methoxy groups -OCH3 is 1. The van der Waals surface area contributed by atoms with Gasteiger partial charge in [-0.3, -0.25) is 9.78 Å². The number of amides is 1. The van der Waals surface area contributed by atoms with Crippen molar-refractivity contribution in [3.05, 3.63) is 66.2 Å². The standard InChI is InChI=1S/C20H18N6O2/c1-13-18(20(27)25(2)15-9-10-17(28-3)22-12-15)23-24-26(13)16-8-4-6-14-7-5-11-21-19(14)16/h4-12H,1-3H3. The Labute approximate surface area is 161 Å². The van der Waals surface area contributed by atoms with E-state index in [1.54, 1.807) is 43.4 Å². The second-order valence-corrected chi connectivity index (χ2v) is 6.21. The summed E-state index contributed by atoms with van der Waals surface area (Å²) in [4.78, 5) is 23.0. The number of rotatable bonds is 4. The van der Waals surface area contributed by atoms with E-state index in [0.29, 0.717) is 17.3 Å². The van der Waals surface area contributed by atoms with E-state index >= 15 is 0 Å². The zero-order chi connectivity index (χ0) is 19.7. The van der Waals surface area contributed by atoms with Crippen LogP contribution in [0.5, 0.6) is 5.88 Å². The largest absolute Gasteiger partial charge is 0.481 e. The Kier molecular flexibility index (Phi) is 4.44. The van der Waals surface area contributed by atoms with Gasteiger partial charge in [-0.1, -0.05) is 23.4 Å². The van der Waals surface area contributed by atoms with Crippen molar-refractivity contribution in [1.29, 1.82) is 0 Å². The number of carbonyl (C=O) groups excluding carboxylic acids is 1. The molecule has 0 N–H and O–H groups in total. The monoisotopic (exact) mass is 374 g/mol. The first-order valence-electron chi connectivity index (χ1n) is 8.64. The third-order valence-corrected chi connectivity index (χ3v) is 4.56. The van der Waals surface area contributed by atoms with Gasteiger partial charge in [0.15, 0.2) is 5.69 Å². The summed E-state index contributed by atoms with van der Waals surface area (Å²) in [5.41, 5.74) is 3.11. The van der Waals surface area contributed by atoms with Gasteiger partial charge in [-0.25, -0.2) is 9.67 Å². The number of carbonyl (C=O) groups is 1. The Morgan fingerprint density at radius 2 is 1.93 bits per heavy atom. The molecule has 0 spiro atoms. The lowest BCUT2D eigenvalue weighted by Crippen LogP contribution is -2.27. The second-order valence-electron chi connectivity index (χ2n) is 6.21. The molecule has 1 amide bonds. The highest BCUT2D eigenvalue weighted by Gasteiger charge is 2.22. The molecule has 3 heterocycles. The average molecular weight is 374 g/mol. The minimum Gasteiger partial charge on any atom is -0.481 e. The number of hydrogen-bond acceptors (Lipinski definition) is 6. The first-order chi connectivity index (χ1) is 13.6. The van der Waals surface area contributed by atoms with Gasteiger partial charge in [0.1, 0.15) is 0 Å². The van der Waals surface area contributed by atoms with Crippen LogP contribution in [0.15, 0.2) is 54.9 Å². The lowest BCUT2D eigenvalue weighted by Gasteiger charge is -2.16. The van der Waals surface area contributed by atoms with Crippen LogP contribution in [-0.4, -0.2) is 45.0 Å². The average Bonchev–Trinajstić information content (AvgIpc) is 3.13. The van der Waals surface area contributed by atoms with Crippen molar-refractivity contribution in [2.75, 3.05) is 19.1 Å². The number of nitrogens with zero attached hydrogens (tertiary/aromatic N) is 6. The fourth-order valence-corrected chi connectivity index (χ4v) is 2.98. The summed E-state index contributed by atoms with van der Waals surface area (Å²) < 4.78 is 6.70. The van der Waals surface area contributed by atoms with E-state index in [0.717, 1.165) is 16.6 Å². The highest BCUT2D eigenvalue weighted by molar-refractivity contribution is 6.05. The molecule has 4 rings (SSSR count). The SMILES string of the molecule is COc1ccc(N(C)C(=O)c2nnn(-c3cccc4cccnc34)c2C)cn1. The van der Waals surface area contributed by atoms with Crippen LogP contribution in [0.2, 0.25) is 0 Å². The summed E-state index contributed by atoms with van der Waals surface area (Å²) in [5, 5.41) is 9.32. The Morgan fingerprint density at radius 1 is 1.11 bits per heavy atom. The molecule has 1 aromatic carbocycles. The van der Waals surface area contributed by atoms with Crippen LogP contribution < -0.4 is 9.64 Å². The lowest BCUT2D eigenvalue weighted by atomic mass is 10.2. The molecule has 0 atom stereocenters. The highest BCUT2D eigenvalue weighted by atomic mass is 16.5. The van der Waals surface area contributed by atoms with Gasteiger partial charge in [0.25, 0.3) is 5.91 Å². The van der Waals surface area contributed by atoms with Crippen molar-refractivity contribution in [2.45, 2.75) is 6.92 Å². The molecule has 4 aromatic rings. The number of ether oxygens (including phenoxy) is 1. The molecular formula is C20H18N6O2. The van der Waals surface area contributed by atoms with Gasteiger partial charge in [0.05, 0.1) is 35.9 Å². The number of para-hydroxylation sites is 1. The second kappa shape index (κ2) is 7.07. The zero-order valence-corrected chi connectivity index (χ0v) is 15.7. The summed E-state index contributed by atoms with van der Waals surface area (Å²) in [6, 6.07) is 13.1. The Bertz CT molecular complexity index is 1150. The van der Waals surface area contributed by atoms with E-state index in [1.807, 2.05) is 37.3 Å². The number of anilines is 1. The number of aromatic nitrogens is 5. The predicted octanol–water partition coefficient (Wildman–Crippen LogP) is 2.80. The molecule has 0 radical (unpaired) electrons. The fourth-order valence-electron chi connectivity index (χ4n) is 2.98. The lowest BCUT2D eigenvalue weighted by molar-refractivity contribution is 0.0987. The molecule has 28 heavy (non-hydrogen) atoms. The molecule has 0 aliphatic heterocycles. The molecule has 0 saturated heterocycles. The van der Waals surface area contributed by atoms with Crippen LogP contribution in [0.1, 0.15) is 16.2 Å². The summed E-state index contributed by atoms with van der Waals surface area (Å²) in [7, 11) is 3.21. The van der Waals surface area contributed by atoms with Crippen molar-refractivity contribution in [3.63, 3.8) is 0 Å². The third kappa shape index (κ3) is 2.94. The maximum Gasteiger partial charge on any atom is 0.280 e. The molecule has 0 unspecified atom stereocenters. The van der Waals surface area contributed by atoms with E-state index in [2.05, 4.69) is 20.3 Å². The van der Waals surface area contributed by atoms with E-state index in [-0.39, 0.29) is 11.6 Å². The zero-order valence-electron chi connectivity index (χ0n) is 15.7. The summed E-state index contributed by atoms with van der Waals surface area (Å²) in [6.07, 6.45) is 3.31. The van der Waals surface area contributed by atoms with E-state index in [1.165, 1.54) is 4.90 Å². The predicted molar refractivity (Wildman–Crippen MR) is 105 cm³/mol. The highest BCUT2D eigenvalue weighted by Crippen LogP contribution is 2.23. The normalized spacial score (nSPS) is 10.8. The molecule has 8 heteroatoms. The number of benzene rings is 1. The molecular weight excluding hydrogens is 356 g/mol. The molecule has 8 nitrogen and oxygen atoms in total. The molecule has 0 aliphatic carbocycles. The minimum atomic E-state index is -0.274. The third-order valence-electron chi connectivity index (χ3n) is 4.56. The van der Waals surface area contributed by atoms with Crippen LogP contribution in [-0.2, 0) is 0 Å². The van der Waals surface area contributed by atoms with Gasteiger partial charge in [0, 0.05) is 24.7 Å². The van der Waals surface area contributed by atoms with Gasteiger partial charge in [0.2, 0.25) is 5.88 Å². The van der Waals surface area contributed by atoms with Crippen molar-refractivity contribution in [2.24, 2.45) is 0 Å². The number of pyridine rings is 2. The topological polar surface area (TPSA) is 86.0 Å². The van der Waals surface area contributed by atoms with Crippen LogP contribution >= 0.6 is 0 Å². The van der Waals surface area contributed by atoms with E-state index in [4.69, 9.17) is 4.74 Å². The van der Waals surface area contributed by atoms with Gasteiger partial charge in [-0.15, -0.1) is 5.10 Å². The van der Waals surface area contributed by atoms with Gasteiger partial charge >= 0.3 is 0 Å². The molecule has 0 fully saturated rings. The molecule has 0 aliphatic rings. The summed E-state index contributed by atoms with van der Waals surface area (Å²) >= 11 is 0. The van der Waals surface area contributed by atoms with Crippen molar-refractivity contribution < 1.29 is 9.53 Å². The first-order valence-corrected chi connectivity index (χ1v) is 8.64. The maximum atomic E-state index is 13.0. The summed E-state index contributed by atoms with van der Waals surface area (Å²) in [5.74, 6) is 0.207. The summed E-state index contributed by atoms with van der Waals surface area (Å²) in [6.45, 7) is 1.81. The molecule has 0 saturated carbocycles. The van der Waals surface area contributed by atoms with E-state index < -0.39 is 0 Å². The molecule has 140 valence electrons. The smallest absolute Gasteiger partial charge is 0.280 e. The Morgan fingerprint density at radius 3 is 2.68 bits per heavy atom. The quantitative estimate of drug-likeness (QED) is 0.546. The minimum absolute atomic E-state index is 0.270. The molecule has 3 aromatic heterocycles. The van der Waals surface area contributed by atoms with Crippen LogP contribution in [0.4, 0.5) is 5.69 Å². The number of fused-ring (bicyclic) bond motifs is 1. The van der Waals surface area contributed by atoms with Gasteiger partial charge < -0.3 is 9.64 Å². The van der Waals surface area contributed by atoms with Crippen molar-refractivity contribution >= 4 is 22.5 Å². The Balaban J connectivity index is 1.70. The van der Waals surface area contributed by atoms with Crippen LogP contribution in [0.25, 0.3) is 16.6 Å². The first kappa shape index (κ1) is 17.6. The van der Waals surface area contributed by atoms with Crippen molar-refractivity contribution in [1.82, 2.24) is 25.0 Å². The van der Waals surface area contributed by atoms with Crippen LogP contribution in [0, 0.1) is 6.92 Å². The molecule has 0 bridgehead atoms. The van der Waals surface area contributed by atoms with E-state index in [9.17, 15) is 4.79 Å². The number of hydrogen-bond donors (Lipinski definition) is 0. The maximum absolute atomic E-state index is 13.0. The van der Waals surface area contributed by atoms with Gasteiger partial charge in [-0.2, -0.15) is 0 Å². The Hall–Kier alpha value is -3.81. The van der Waals surface area contributed by atoms with Crippen LogP contribution in [0.3, 0.4) is 0 Å². The van der Waals surface area contributed by atoms with Crippen molar-refractivity contribution in [3.8, 4) is 11.6 Å². The van der Waals surface area contributed by atoms with Gasteiger partial charge in [-0.05, 0) is 25.1 Å². The fraction of sp³-hybridized carbons (Fsp3) is 0.150.